The molecule has 0 aliphatic carbocycles. The molecule has 1 aliphatic rings. The molecule has 1 aliphatic heterocycles. The van der Waals surface area contributed by atoms with Crippen LogP contribution in [-0.2, 0) is 27.2 Å². The maximum Gasteiger partial charge on any atom is 0.326 e. The van der Waals surface area contributed by atoms with Crippen LogP contribution in [0.25, 0.3) is 0 Å². The fraction of sp³-hybridized carbons (Fsp3) is 0.600. The number of amides is 3. The van der Waals surface area contributed by atoms with E-state index in [1.165, 1.54) is 11.9 Å². The van der Waals surface area contributed by atoms with Gasteiger partial charge in [-0.05, 0) is 0 Å². The van der Waals surface area contributed by atoms with Gasteiger partial charge in [0.05, 0.1) is 0 Å². The number of urea groups is 1. The molecule has 0 unspecified atom stereocenters. The molecule has 1 radical (unpaired) electrons. The average Bonchev–Trinajstić information content (AvgIpc) is 1.98. The van der Waals surface area contributed by atoms with E-state index in [0.29, 0.717) is 0 Å². The molecule has 0 aromatic heterocycles. The van der Waals surface area contributed by atoms with Crippen molar-refractivity contribution < 1.29 is 32.0 Å². The summed E-state index contributed by atoms with van der Waals surface area (Å²) in [6, 6.07) is -0.222. The molecule has 0 aromatic rings. The van der Waals surface area contributed by atoms with E-state index in [1.54, 1.807) is 7.05 Å². The van der Waals surface area contributed by atoms with Crippen LogP contribution < -0.4 is 0 Å². The molecule has 0 aromatic carbocycles. The summed E-state index contributed by atoms with van der Waals surface area (Å²) in [5.41, 5.74) is 0. The van der Waals surface area contributed by atoms with E-state index in [0.717, 1.165) is 4.90 Å². The van der Waals surface area contributed by atoms with Gasteiger partial charge in [0, 0.05) is 36.5 Å². The summed E-state index contributed by atoms with van der Waals surface area (Å²) in [7, 11) is 3.08. The molecular weight excluding hydrogens is 228 g/mol. The Morgan fingerprint density at radius 2 is 1.80 bits per heavy atom. The van der Waals surface area contributed by atoms with Crippen LogP contribution >= 0.6 is 0 Å². The molecule has 1 saturated heterocycles. The summed E-state index contributed by atoms with van der Waals surface area (Å²) in [5.74, 6) is -0.137. The first-order valence-electron chi connectivity index (χ1n) is 2.64. The number of nitrogens with zero attached hydrogens (tertiary/aromatic N) is 2. The van der Waals surface area contributed by atoms with E-state index >= 15 is 0 Å². The minimum atomic E-state index is -0.222. The predicted octanol–water partition coefficient (Wildman–Crippen LogP) is -0.492. The molecule has 10 heavy (non-hydrogen) atoms. The van der Waals surface area contributed by atoms with E-state index in [4.69, 9.17) is 0 Å². The van der Waals surface area contributed by atoms with Gasteiger partial charge in [0.1, 0.15) is 6.54 Å². The Bertz CT molecular complexity index is 171. The Balaban J connectivity index is 0.000000810. The minimum absolute atomic E-state index is 0. The minimum Gasteiger partial charge on any atom is -0.318 e. The van der Waals surface area contributed by atoms with Gasteiger partial charge in [0.25, 0.3) is 0 Å². The van der Waals surface area contributed by atoms with E-state index in [-0.39, 0.29) is 40.9 Å². The van der Waals surface area contributed by atoms with Gasteiger partial charge < -0.3 is 4.90 Å². The monoisotopic (exact) mass is 235 g/mol. The summed E-state index contributed by atoms with van der Waals surface area (Å²) in [4.78, 5) is 23.9. The van der Waals surface area contributed by atoms with E-state index in [9.17, 15) is 9.59 Å². The number of carbonyl (C=O) groups is 2. The van der Waals surface area contributed by atoms with Crippen molar-refractivity contribution in [3.63, 3.8) is 0 Å². The molecule has 4 nitrogen and oxygen atoms in total. The summed E-state index contributed by atoms with van der Waals surface area (Å²) >= 11 is 0. The van der Waals surface area contributed by atoms with Gasteiger partial charge in [-0.3, -0.25) is 9.69 Å². The average molecular weight is 236 g/mol. The van der Waals surface area contributed by atoms with Crippen molar-refractivity contribution in [1.82, 2.24) is 9.80 Å². The second kappa shape index (κ2) is 3.18. The normalized spacial score (nSPS) is 17.8. The Hall–Kier alpha value is -0.320. The maximum atomic E-state index is 10.7. The molecule has 0 N–H and O–H groups in total. The van der Waals surface area contributed by atoms with E-state index < -0.39 is 0 Å². The van der Waals surface area contributed by atoms with Gasteiger partial charge in [-0.1, -0.05) is 0 Å². The third kappa shape index (κ3) is 1.39. The smallest absolute Gasteiger partial charge is 0.318 e. The zero-order chi connectivity index (χ0) is 7.02. The molecule has 1 rings (SSSR count). The molecule has 5 heteroatoms. The maximum absolute atomic E-state index is 10.7. The number of hydrogen-bond acceptors (Lipinski definition) is 2. The van der Waals surface area contributed by atoms with Crippen LogP contribution in [0.2, 0.25) is 0 Å². The zero-order valence-electron chi connectivity index (χ0n) is 5.72. The number of rotatable bonds is 0. The summed E-state index contributed by atoms with van der Waals surface area (Å²) in [6.07, 6.45) is 0. The quantitative estimate of drug-likeness (QED) is 0.420. The number of imide groups is 1. The van der Waals surface area contributed by atoms with Crippen molar-refractivity contribution in [2.75, 3.05) is 20.6 Å². The standard InChI is InChI=1S/C5H8N2O2.Ag/c1-6-3-4(8)7(2)5(6)9;/h3H2,1-2H3;. The topological polar surface area (TPSA) is 40.6 Å². The third-order valence-electron chi connectivity index (χ3n) is 1.36. The number of carbonyl (C=O) groups excluding carboxylic acids is 2. The van der Waals surface area contributed by atoms with Crippen molar-refractivity contribution in [2.24, 2.45) is 0 Å². The Morgan fingerprint density at radius 1 is 1.30 bits per heavy atom. The van der Waals surface area contributed by atoms with Crippen LogP contribution in [0.4, 0.5) is 4.79 Å². The van der Waals surface area contributed by atoms with Crippen LogP contribution in [-0.4, -0.2) is 42.4 Å². The van der Waals surface area contributed by atoms with Crippen molar-refractivity contribution in [2.45, 2.75) is 0 Å². The van der Waals surface area contributed by atoms with Gasteiger partial charge in [0.2, 0.25) is 5.91 Å². The van der Waals surface area contributed by atoms with Gasteiger partial charge in [0.15, 0.2) is 0 Å². The van der Waals surface area contributed by atoms with Crippen molar-refractivity contribution in [1.29, 1.82) is 0 Å². The largest absolute Gasteiger partial charge is 0.326 e. The van der Waals surface area contributed by atoms with Gasteiger partial charge in [-0.2, -0.15) is 0 Å². The molecular formula is C5H8AgN2O2. The first-order valence-corrected chi connectivity index (χ1v) is 2.64. The first kappa shape index (κ1) is 9.68. The van der Waals surface area contributed by atoms with Crippen LogP contribution in [0.15, 0.2) is 0 Å². The van der Waals surface area contributed by atoms with Gasteiger partial charge in [-0.25, -0.2) is 4.79 Å². The molecule has 61 valence electrons. The molecule has 1 heterocycles. The first-order chi connectivity index (χ1) is 4.13. The summed E-state index contributed by atoms with van der Waals surface area (Å²) < 4.78 is 0. The second-order valence-electron chi connectivity index (χ2n) is 2.09. The molecule has 0 atom stereocenters. The Morgan fingerprint density at radius 3 is 1.90 bits per heavy atom. The third-order valence-corrected chi connectivity index (χ3v) is 1.36. The number of likely N-dealkylation sites (N-methyl/N-ethyl adjacent to an activating group) is 2. The second-order valence-corrected chi connectivity index (χ2v) is 2.09. The van der Waals surface area contributed by atoms with Crippen LogP contribution in [0.1, 0.15) is 0 Å². The summed E-state index contributed by atoms with van der Waals surface area (Å²) in [5, 5.41) is 0. The van der Waals surface area contributed by atoms with Crippen molar-refractivity contribution in [3.8, 4) is 0 Å². The SMILES string of the molecule is CN1CC(=O)N(C)C1=O.[Ag]. The predicted molar refractivity (Wildman–Crippen MR) is 30.8 cm³/mol. The molecule has 0 spiro atoms. The summed E-state index contributed by atoms with van der Waals surface area (Å²) in [6.45, 7) is 0.218. The zero-order valence-corrected chi connectivity index (χ0v) is 7.20. The van der Waals surface area contributed by atoms with Crippen LogP contribution in [0.3, 0.4) is 0 Å². The van der Waals surface area contributed by atoms with Crippen LogP contribution in [0.5, 0.6) is 0 Å². The fourth-order valence-corrected chi connectivity index (χ4v) is 0.739. The van der Waals surface area contributed by atoms with E-state index in [1.807, 2.05) is 0 Å². The Labute approximate surface area is 74.7 Å². The van der Waals surface area contributed by atoms with Gasteiger partial charge in [-0.15, -0.1) is 0 Å². The van der Waals surface area contributed by atoms with Crippen molar-refractivity contribution >= 4 is 11.9 Å². The molecule has 0 saturated carbocycles. The molecule has 0 bridgehead atoms. The Kier molecular flexibility index (Phi) is 3.08. The van der Waals surface area contributed by atoms with Crippen molar-refractivity contribution in [3.05, 3.63) is 0 Å². The molecule has 3 amide bonds. The van der Waals surface area contributed by atoms with E-state index in [2.05, 4.69) is 0 Å². The van der Waals surface area contributed by atoms with Gasteiger partial charge >= 0.3 is 6.03 Å². The van der Waals surface area contributed by atoms with Crippen LogP contribution in [0, 0.1) is 0 Å². The fourth-order valence-electron chi connectivity index (χ4n) is 0.739. The number of hydrogen-bond donors (Lipinski definition) is 0. The molecule has 1 fully saturated rings.